The quantitative estimate of drug-likeness (QED) is 0.847. The van der Waals surface area contributed by atoms with Gasteiger partial charge in [-0.2, -0.15) is 0 Å². The van der Waals surface area contributed by atoms with Crippen LogP contribution in [0.25, 0.3) is 0 Å². The van der Waals surface area contributed by atoms with E-state index in [9.17, 15) is 4.79 Å². The largest absolute Gasteiger partial charge is 0.481 e. The molecule has 0 aliphatic heterocycles. The number of aliphatic carboxylic acids is 1. The van der Waals surface area contributed by atoms with E-state index < -0.39 is 11.4 Å². The SMILES string of the molecule is CC(C)(C/C=C1/CCCC=C1Br)C(=O)O. The molecule has 0 saturated heterocycles. The molecule has 1 N–H and O–H groups in total. The molecule has 0 bridgehead atoms. The van der Waals surface area contributed by atoms with E-state index in [2.05, 4.69) is 22.0 Å². The van der Waals surface area contributed by atoms with Gasteiger partial charge in [-0.1, -0.05) is 28.1 Å². The van der Waals surface area contributed by atoms with Gasteiger partial charge < -0.3 is 5.11 Å². The molecule has 0 amide bonds. The highest BCUT2D eigenvalue weighted by Gasteiger charge is 2.25. The molecule has 0 saturated carbocycles. The molecule has 1 rings (SSSR count). The standard InChI is InChI=1S/C12H17BrO2/c1-12(2,11(14)15)8-7-9-5-3-4-6-10(9)13/h6-7H,3-5,8H2,1-2H3,(H,14,15)/b9-7-. The second kappa shape index (κ2) is 4.97. The zero-order chi connectivity index (χ0) is 11.5. The monoisotopic (exact) mass is 272 g/mol. The molecule has 0 radical (unpaired) electrons. The van der Waals surface area contributed by atoms with E-state index in [1.807, 2.05) is 6.08 Å². The number of hydrogen-bond donors (Lipinski definition) is 1. The molecule has 0 fully saturated rings. The van der Waals surface area contributed by atoms with Gasteiger partial charge in [0.1, 0.15) is 0 Å². The summed E-state index contributed by atoms with van der Waals surface area (Å²) in [6, 6.07) is 0. The average molecular weight is 273 g/mol. The summed E-state index contributed by atoms with van der Waals surface area (Å²) >= 11 is 3.50. The van der Waals surface area contributed by atoms with Gasteiger partial charge in [-0.05, 0) is 45.1 Å². The van der Waals surface area contributed by atoms with E-state index in [1.54, 1.807) is 13.8 Å². The average Bonchev–Trinajstić information content (AvgIpc) is 2.16. The summed E-state index contributed by atoms with van der Waals surface area (Å²) in [4.78, 5) is 10.9. The Labute approximate surface area is 99.2 Å². The summed E-state index contributed by atoms with van der Waals surface area (Å²) in [5.41, 5.74) is 0.577. The molecule has 1 aliphatic rings. The Bertz CT molecular complexity index is 314. The Morgan fingerprint density at radius 2 is 2.33 bits per heavy atom. The van der Waals surface area contributed by atoms with Crippen LogP contribution in [0.5, 0.6) is 0 Å². The molecule has 0 aromatic heterocycles. The summed E-state index contributed by atoms with van der Waals surface area (Å²) in [5.74, 6) is -0.740. The lowest BCUT2D eigenvalue weighted by Crippen LogP contribution is -2.22. The van der Waals surface area contributed by atoms with Gasteiger partial charge in [-0.3, -0.25) is 4.79 Å². The van der Waals surface area contributed by atoms with Crippen LogP contribution in [0.15, 0.2) is 22.2 Å². The third kappa shape index (κ3) is 3.49. The van der Waals surface area contributed by atoms with Gasteiger partial charge in [-0.15, -0.1) is 0 Å². The lowest BCUT2D eigenvalue weighted by atomic mass is 9.87. The van der Waals surface area contributed by atoms with Crippen molar-refractivity contribution in [3.63, 3.8) is 0 Å². The highest BCUT2D eigenvalue weighted by molar-refractivity contribution is 9.12. The second-order valence-corrected chi connectivity index (χ2v) is 5.42. The molecule has 0 spiro atoms. The lowest BCUT2D eigenvalue weighted by molar-refractivity contribution is -0.146. The first-order chi connectivity index (χ1) is 6.93. The molecule has 0 atom stereocenters. The van der Waals surface area contributed by atoms with Crippen LogP contribution in [0.1, 0.15) is 39.5 Å². The minimum absolute atomic E-state index is 0.584. The number of carboxylic acid groups (broad SMARTS) is 1. The van der Waals surface area contributed by atoms with Crippen LogP contribution >= 0.6 is 15.9 Å². The van der Waals surface area contributed by atoms with Crippen LogP contribution in [0, 0.1) is 5.41 Å². The second-order valence-electron chi connectivity index (χ2n) is 4.57. The first kappa shape index (κ1) is 12.5. The molecule has 0 aromatic carbocycles. The molecule has 0 unspecified atom stereocenters. The molecular formula is C12H17BrO2. The lowest BCUT2D eigenvalue weighted by Gasteiger charge is -2.18. The van der Waals surface area contributed by atoms with E-state index in [0.717, 1.165) is 23.7 Å². The van der Waals surface area contributed by atoms with Crippen molar-refractivity contribution in [3.8, 4) is 0 Å². The first-order valence-corrected chi connectivity index (χ1v) is 6.01. The molecule has 0 aromatic rings. The molecule has 0 heterocycles. The van der Waals surface area contributed by atoms with Crippen LogP contribution in [-0.2, 0) is 4.79 Å². The molecule has 84 valence electrons. The van der Waals surface area contributed by atoms with Gasteiger partial charge in [0.05, 0.1) is 5.41 Å². The summed E-state index contributed by atoms with van der Waals surface area (Å²) in [6.45, 7) is 3.51. The fourth-order valence-electron chi connectivity index (χ4n) is 1.44. The van der Waals surface area contributed by atoms with Gasteiger partial charge in [0, 0.05) is 4.48 Å². The maximum Gasteiger partial charge on any atom is 0.309 e. The van der Waals surface area contributed by atoms with Crippen LogP contribution in [-0.4, -0.2) is 11.1 Å². The fourth-order valence-corrected chi connectivity index (χ4v) is 2.03. The Hall–Kier alpha value is -0.570. The molecule has 3 heteroatoms. The van der Waals surface area contributed by atoms with Crippen LogP contribution < -0.4 is 0 Å². The van der Waals surface area contributed by atoms with Crippen molar-refractivity contribution >= 4 is 21.9 Å². The van der Waals surface area contributed by atoms with Gasteiger partial charge in [0.15, 0.2) is 0 Å². The highest BCUT2D eigenvalue weighted by Crippen LogP contribution is 2.31. The summed E-state index contributed by atoms with van der Waals surface area (Å²) in [5, 5.41) is 8.98. The van der Waals surface area contributed by atoms with E-state index in [1.165, 1.54) is 5.57 Å². The third-order valence-corrected chi connectivity index (χ3v) is 3.55. The van der Waals surface area contributed by atoms with Gasteiger partial charge in [-0.25, -0.2) is 0 Å². The van der Waals surface area contributed by atoms with E-state index in [4.69, 9.17) is 5.11 Å². The van der Waals surface area contributed by atoms with Crippen molar-refractivity contribution in [2.24, 2.45) is 5.41 Å². The van der Waals surface area contributed by atoms with Gasteiger partial charge in [0.25, 0.3) is 0 Å². The van der Waals surface area contributed by atoms with Crippen LogP contribution in [0.2, 0.25) is 0 Å². The minimum Gasteiger partial charge on any atom is -0.481 e. The number of carbonyl (C=O) groups is 1. The predicted octanol–water partition coefficient (Wildman–Crippen LogP) is 3.88. The molecule has 15 heavy (non-hydrogen) atoms. The number of rotatable bonds is 3. The van der Waals surface area contributed by atoms with Crippen molar-refractivity contribution in [1.82, 2.24) is 0 Å². The zero-order valence-electron chi connectivity index (χ0n) is 9.22. The predicted molar refractivity (Wildman–Crippen MR) is 65.0 cm³/mol. The smallest absolute Gasteiger partial charge is 0.309 e. The number of hydrogen-bond acceptors (Lipinski definition) is 1. The Balaban J connectivity index is 2.69. The highest BCUT2D eigenvalue weighted by atomic mass is 79.9. The summed E-state index contributed by atoms with van der Waals surface area (Å²) in [6.07, 6.45) is 8.11. The molecule has 1 aliphatic carbocycles. The van der Waals surface area contributed by atoms with E-state index >= 15 is 0 Å². The molecule has 2 nitrogen and oxygen atoms in total. The minimum atomic E-state index is -0.740. The van der Waals surface area contributed by atoms with E-state index in [0.29, 0.717) is 6.42 Å². The summed E-state index contributed by atoms with van der Waals surface area (Å²) in [7, 11) is 0. The van der Waals surface area contributed by atoms with Gasteiger partial charge in [0.2, 0.25) is 0 Å². The fraction of sp³-hybridized carbons (Fsp3) is 0.583. The van der Waals surface area contributed by atoms with Gasteiger partial charge >= 0.3 is 5.97 Å². The summed E-state index contributed by atoms with van der Waals surface area (Å²) < 4.78 is 1.13. The normalized spacial score (nSPS) is 20.2. The van der Waals surface area contributed by atoms with E-state index in [-0.39, 0.29) is 0 Å². The van der Waals surface area contributed by atoms with Crippen molar-refractivity contribution in [2.75, 3.05) is 0 Å². The topological polar surface area (TPSA) is 37.3 Å². The Kier molecular flexibility index (Phi) is 4.14. The van der Waals surface area contributed by atoms with Crippen molar-refractivity contribution in [3.05, 3.63) is 22.2 Å². The maximum atomic E-state index is 10.9. The maximum absolute atomic E-state index is 10.9. The Morgan fingerprint density at radius 1 is 1.67 bits per heavy atom. The van der Waals surface area contributed by atoms with Crippen LogP contribution in [0.3, 0.4) is 0 Å². The third-order valence-electron chi connectivity index (χ3n) is 2.72. The van der Waals surface area contributed by atoms with Crippen LogP contribution in [0.4, 0.5) is 0 Å². The van der Waals surface area contributed by atoms with Crippen molar-refractivity contribution in [1.29, 1.82) is 0 Å². The first-order valence-electron chi connectivity index (χ1n) is 5.22. The molecular weight excluding hydrogens is 256 g/mol. The van der Waals surface area contributed by atoms with Crippen molar-refractivity contribution in [2.45, 2.75) is 39.5 Å². The Morgan fingerprint density at radius 3 is 2.87 bits per heavy atom. The number of carboxylic acids is 1. The van der Waals surface area contributed by atoms with Crippen molar-refractivity contribution < 1.29 is 9.90 Å². The number of allylic oxidation sites excluding steroid dienone is 4. The number of halogens is 1. The zero-order valence-corrected chi connectivity index (χ0v) is 10.8.